The Balaban J connectivity index is 2.42. The second-order valence-electron chi connectivity index (χ2n) is 3.11. The highest BCUT2D eigenvalue weighted by molar-refractivity contribution is 6.03. The number of carbonyl (C=O) groups excluding carboxylic acids is 1. The molecule has 1 aliphatic heterocycles. The zero-order valence-electron chi connectivity index (χ0n) is 7.74. The summed E-state index contributed by atoms with van der Waals surface area (Å²) < 4.78 is 18.3. The second kappa shape index (κ2) is 3.38. The van der Waals surface area contributed by atoms with E-state index in [0.29, 0.717) is 11.3 Å². The highest BCUT2D eigenvalue weighted by Crippen LogP contribution is 2.37. The number of anilines is 1. The maximum Gasteiger partial charge on any atom is 0.268 e. The zero-order valence-corrected chi connectivity index (χ0v) is 7.74. The molecule has 3 nitrogen and oxygen atoms in total. The van der Waals surface area contributed by atoms with Crippen molar-refractivity contribution in [1.29, 1.82) is 0 Å². The van der Waals surface area contributed by atoms with Gasteiger partial charge in [0.2, 0.25) is 6.17 Å². The van der Waals surface area contributed by atoms with E-state index in [9.17, 15) is 9.18 Å². The number of rotatable bonds is 2. The molecule has 1 atom stereocenters. The van der Waals surface area contributed by atoms with Gasteiger partial charge in [0.1, 0.15) is 6.73 Å². The van der Waals surface area contributed by atoms with Crippen molar-refractivity contribution in [2.75, 3.05) is 18.7 Å². The van der Waals surface area contributed by atoms with Crippen LogP contribution in [-0.4, -0.2) is 19.7 Å². The van der Waals surface area contributed by atoms with Gasteiger partial charge in [0.05, 0.1) is 5.69 Å². The lowest BCUT2D eigenvalue weighted by Gasteiger charge is -2.15. The van der Waals surface area contributed by atoms with Crippen LogP contribution in [0.4, 0.5) is 10.1 Å². The molecule has 0 saturated carbocycles. The van der Waals surface area contributed by atoms with E-state index in [1.165, 1.54) is 12.0 Å². The Labute approximate surface area is 81.1 Å². The number of halogens is 1. The lowest BCUT2D eigenvalue weighted by Crippen LogP contribution is -2.29. The third-order valence-corrected chi connectivity index (χ3v) is 2.24. The van der Waals surface area contributed by atoms with Gasteiger partial charge in [-0.1, -0.05) is 18.2 Å². The molecule has 1 amide bonds. The predicted octanol–water partition coefficient (Wildman–Crippen LogP) is 1.65. The number of methoxy groups -OCH3 is 1. The molecule has 1 aromatic carbocycles. The van der Waals surface area contributed by atoms with Gasteiger partial charge < -0.3 is 4.74 Å². The summed E-state index contributed by atoms with van der Waals surface area (Å²) in [5.41, 5.74) is 1.03. The SMILES string of the molecule is COCN1C(=O)C(F)c2ccccc21. The van der Waals surface area contributed by atoms with Crippen LogP contribution in [0.25, 0.3) is 0 Å². The van der Waals surface area contributed by atoms with Crippen molar-refractivity contribution in [2.45, 2.75) is 6.17 Å². The first-order chi connectivity index (χ1) is 6.75. The van der Waals surface area contributed by atoms with Crippen LogP contribution in [0.2, 0.25) is 0 Å². The van der Waals surface area contributed by atoms with E-state index in [1.807, 2.05) is 0 Å². The number of hydrogen-bond acceptors (Lipinski definition) is 2. The lowest BCUT2D eigenvalue weighted by molar-refractivity contribution is -0.123. The highest BCUT2D eigenvalue weighted by atomic mass is 19.1. The van der Waals surface area contributed by atoms with Gasteiger partial charge in [0.15, 0.2) is 0 Å². The maximum absolute atomic E-state index is 13.4. The number of hydrogen-bond donors (Lipinski definition) is 0. The fraction of sp³-hybridized carbons (Fsp3) is 0.300. The molecule has 1 aromatic rings. The number of nitrogens with zero attached hydrogens (tertiary/aromatic N) is 1. The summed E-state index contributed by atoms with van der Waals surface area (Å²) in [4.78, 5) is 12.7. The number of ether oxygens (including phenoxy) is 1. The van der Waals surface area contributed by atoms with Gasteiger partial charge in [-0.2, -0.15) is 0 Å². The molecule has 0 aromatic heterocycles. The smallest absolute Gasteiger partial charge is 0.268 e. The molecule has 0 radical (unpaired) electrons. The molecule has 74 valence electrons. The van der Waals surface area contributed by atoms with Crippen LogP contribution in [0, 0.1) is 0 Å². The monoisotopic (exact) mass is 195 g/mol. The topological polar surface area (TPSA) is 29.5 Å². The first-order valence-corrected chi connectivity index (χ1v) is 4.29. The predicted molar refractivity (Wildman–Crippen MR) is 49.7 cm³/mol. The number of alkyl halides is 1. The van der Waals surface area contributed by atoms with Gasteiger partial charge in [-0.3, -0.25) is 9.69 Å². The van der Waals surface area contributed by atoms with Gasteiger partial charge in [-0.05, 0) is 6.07 Å². The molecule has 0 saturated heterocycles. The Morgan fingerprint density at radius 2 is 2.21 bits per heavy atom. The average molecular weight is 195 g/mol. The molecule has 2 rings (SSSR count). The Kier molecular flexibility index (Phi) is 2.21. The van der Waals surface area contributed by atoms with Gasteiger partial charge in [0, 0.05) is 12.7 Å². The van der Waals surface area contributed by atoms with E-state index >= 15 is 0 Å². The van der Waals surface area contributed by atoms with Crippen molar-refractivity contribution in [3.05, 3.63) is 29.8 Å². The number of amides is 1. The molecule has 4 heteroatoms. The van der Waals surface area contributed by atoms with Crippen LogP contribution in [0.15, 0.2) is 24.3 Å². The van der Waals surface area contributed by atoms with Gasteiger partial charge in [0.25, 0.3) is 5.91 Å². The normalized spacial score (nSPS) is 20.0. The quantitative estimate of drug-likeness (QED) is 0.718. The molecule has 0 aliphatic carbocycles. The second-order valence-corrected chi connectivity index (χ2v) is 3.11. The molecular weight excluding hydrogens is 185 g/mol. The number of benzene rings is 1. The Morgan fingerprint density at radius 1 is 1.50 bits per heavy atom. The average Bonchev–Trinajstić information content (AvgIpc) is 2.45. The van der Waals surface area contributed by atoms with Crippen LogP contribution in [0.5, 0.6) is 0 Å². The number of fused-ring (bicyclic) bond motifs is 1. The molecule has 0 fully saturated rings. The van der Waals surface area contributed by atoms with Crippen LogP contribution in [0.3, 0.4) is 0 Å². The maximum atomic E-state index is 13.4. The van der Waals surface area contributed by atoms with Crippen LogP contribution < -0.4 is 4.90 Å². The van der Waals surface area contributed by atoms with Crippen molar-refractivity contribution in [3.8, 4) is 0 Å². The molecule has 0 N–H and O–H groups in total. The van der Waals surface area contributed by atoms with Crippen molar-refractivity contribution >= 4 is 11.6 Å². The zero-order chi connectivity index (χ0) is 10.1. The molecule has 1 heterocycles. The summed E-state index contributed by atoms with van der Waals surface area (Å²) in [6.07, 6.45) is -1.54. The number of carbonyl (C=O) groups is 1. The molecule has 0 spiro atoms. The largest absolute Gasteiger partial charge is 0.364 e. The van der Waals surface area contributed by atoms with E-state index in [1.54, 1.807) is 24.3 Å². The van der Waals surface area contributed by atoms with Crippen molar-refractivity contribution < 1.29 is 13.9 Å². The Morgan fingerprint density at radius 3 is 2.93 bits per heavy atom. The summed E-state index contributed by atoms with van der Waals surface area (Å²) in [5.74, 6) is -0.548. The summed E-state index contributed by atoms with van der Waals surface area (Å²) in [6.45, 7) is 0.0935. The summed E-state index contributed by atoms with van der Waals surface area (Å²) in [6, 6.07) is 6.82. The molecule has 1 aliphatic rings. The van der Waals surface area contributed by atoms with Crippen LogP contribution in [0.1, 0.15) is 11.7 Å². The van der Waals surface area contributed by atoms with E-state index in [-0.39, 0.29) is 6.73 Å². The minimum atomic E-state index is -1.54. The van der Waals surface area contributed by atoms with Crippen molar-refractivity contribution in [2.24, 2.45) is 0 Å². The van der Waals surface area contributed by atoms with E-state index < -0.39 is 12.1 Å². The van der Waals surface area contributed by atoms with E-state index in [2.05, 4.69) is 0 Å². The summed E-state index contributed by atoms with van der Waals surface area (Å²) in [7, 11) is 1.47. The standard InChI is InChI=1S/C10H10FNO2/c1-14-6-12-8-5-3-2-4-7(8)9(11)10(12)13/h2-5,9H,6H2,1H3. The van der Waals surface area contributed by atoms with Crippen molar-refractivity contribution in [1.82, 2.24) is 0 Å². The third kappa shape index (κ3) is 1.19. The van der Waals surface area contributed by atoms with E-state index in [0.717, 1.165) is 0 Å². The molecular formula is C10H10FNO2. The molecule has 1 unspecified atom stereocenters. The van der Waals surface area contributed by atoms with Gasteiger partial charge in [-0.15, -0.1) is 0 Å². The third-order valence-electron chi connectivity index (χ3n) is 2.24. The fourth-order valence-corrected chi connectivity index (χ4v) is 1.60. The van der Waals surface area contributed by atoms with Gasteiger partial charge in [-0.25, -0.2) is 4.39 Å². The van der Waals surface area contributed by atoms with E-state index in [4.69, 9.17) is 4.74 Å². The molecule has 14 heavy (non-hydrogen) atoms. The first kappa shape index (κ1) is 9.15. The Hall–Kier alpha value is -1.42. The summed E-state index contributed by atoms with van der Waals surface area (Å²) >= 11 is 0. The van der Waals surface area contributed by atoms with Crippen molar-refractivity contribution in [3.63, 3.8) is 0 Å². The molecule has 0 bridgehead atoms. The highest BCUT2D eigenvalue weighted by Gasteiger charge is 2.36. The Bertz CT molecular complexity index is 367. The minimum Gasteiger partial charge on any atom is -0.364 e. The van der Waals surface area contributed by atoms with Crippen LogP contribution >= 0.6 is 0 Å². The van der Waals surface area contributed by atoms with Crippen LogP contribution in [-0.2, 0) is 9.53 Å². The number of para-hydroxylation sites is 1. The summed E-state index contributed by atoms with van der Waals surface area (Å²) in [5, 5.41) is 0. The first-order valence-electron chi connectivity index (χ1n) is 4.29. The lowest BCUT2D eigenvalue weighted by atomic mass is 10.1. The minimum absolute atomic E-state index is 0.0935. The van der Waals surface area contributed by atoms with Gasteiger partial charge >= 0.3 is 0 Å². The fourth-order valence-electron chi connectivity index (χ4n) is 1.60.